The number of rotatable bonds is 4. The number of carbonyl (C=O) groups excluding carboxylic acids is 2. The van der Waals surface area contributed by atoms with E-state index < -0.39 is 0 Å². The highest BCUT2D eigenvalue weighted by Crippen LogP contribution is 2.17. The summed E-state index contributed by atoms with van der Waals surface area (Å²) in [6.07, 6.45) is 0.733. The lowest BCUT2D eigenvalue weighted by molar-refractivity contribution is -0.107. The smallest absolute Gasteiger partial charge is 0.213 e. The number of ketones is 1. The third kappa shape index (κ3) is 3.20. The van der Waals surface area contributed by atoms with Crippen LogP contribution >= 0.6 is 22.6 Å². The highest BCUT2D eigenvalue weighted by Gasteiger charge is 2.09. The highest BCUT2D eigenvalue weighted by atomic mass is 127. The van der Waals surface area contributed by atoms with Gasteiger partial charge in [-0.05, 0) is 59.0 Å². The van der Waals surface area contributed by atoms with E-state index in [4.69, 9.17) is 0 Å². The number of anilines is 1. The maximum absolute atomic E-state index is 12.3. The topological polar surface area (TPSA) is 37.4 Å². The first-order chi connectivity index (χ1) is 9.11. The van der Waals surface area contributed by atoms with Crippen LogP contribution in [0.5, 0.6) is 0 Å². The van der Waals surface area contributed by atoms with Gasteiger partial charge in [0.15, 0.2) is 5.78 Å². The van der Waals surface area contributed by atoms with Gasteiger partial charge in [-0.15, -0.1) is 0 Å². The highest BCUT2D eigenvalue weighted by molar-refractivity contribution is 14.1. The van der Waals surface area contributed by atoms with Crippen LogP contribution in [0.2, 0.25) is 0 Å². The summed E-state index contributed by atoms with van der Waals surface area (Å²) in [6, 6.07) is 14.5. The summed E-state index contributed by atoms with van der Waals surface area (Å²) in [5, 5.41) is 0. The van der Waals surface area contributed by atoms with Gasteiger partial charge in [0.2, 0.25) is 6.41 Å². The minimum atomic E-state index is -0.0150. The number of carbonyl (C=O) groups is 2. The maximum atomic E-state index is 12.3. The van der Waals surface area contributed by atoms with Crippen LogP contribution < -0.4 is 4.90 Å². The zero-order valence-corrected chi connectivity index (χ0v) is 12.5. The van der Waals surface area contributed by atoms with Crippen molar-refractivity contribution in [1.82, 2.24) is 0 Å². The van der Waals surface area contributed by atoms with Gasteiger partial charge in [-0.1, -0.05) is 12.1 Å². The van der Waals surface area contributed by atoms with Crippen molar-refractivity contribution in [3.63, 3.8) is 0 Å². The van der Waals surface area contributed by atoms with Crippen molar-refractivity contribution in [2.75, 3.05) is 11.9 Å². The molecule has 0 aromatic heterocycles. The van der Waals surface area contributed by atoms with Gasteiger partial charge in [0, 0.05) is 27.4 Å². The Hall–Kier alpha value is -1.69. The Kier molecular flexibility index (Phi) is 4.31. The summed E-state index contributed by atoms with van der Waals surface area (Å²) in [4.78, 5) is 24.4. The van der Waals surface area contributed by atoms with Crippen molar-refractivity contribution in [3.05, 3.63) is 63.2 Å². The van der Waals surface area contributed by atoms with Crippen molar-refractivity contribution >= 4 is 40.5 Å². The fourth-order valence-electron chi connectivity index (χ4n) is 1.71. The Morgan fingerprint density at radius 2 is 1.79 bits per heavy atom. The molecule has 0 radical (unpaired) electrons. The van der Waals surface area contributed by atoms with Gasteiger partial charge < -0.3 is 4.90 Å². The van der Waals surface area contributed by atoms with Crippen LogP contribution in [0.15, 0.2) is 48.5 Å². The zero-order valence-electron chi connectivity index (χ0n) is 10.3. The predicted octanol–water partition coefficient (Wildman–Crippen LogP) is 3.11. The lowest BCUT2D eigenvalue weighted by atomic mass is 10.0. The van der Waals surface area contributed by atoms with Crippen molar-refractivity contribution in [2.24, 2.45) is 0 Å². The molecular formula is C15H12INO2. The summed E-state index contributed by atoms with van der Waals surface area (Å²) >= 11 is 2.18. The monoisotopic (exact) mass is 365 g/mol. The van der Waals surface area contributed by atoms with Crippen LogP contribution in [0.4, 0.5) is 5.69 Å². The summed E-state index contributed by atoms with van der Waals surface area (Å²) in [7, 11) is 1.67. The van der Waals surface area contributed by atoms with E-state index in [0.717, 1.165) is 15.7 Å². The summed E-state index contributed by atoms with van der Waals surface area (Å²) in [5.74, 6) is -0.0150. The number of amides is 1. The van der Waals surface area contributed by atoms with Gasteiger partial charge in [0.1, 0.15) is 0 Å². The van der Waals surface area contributed by atoms with Crippen LogP contribution in [0.25, 0.3) is 0 Å². The number of halogens is 1. The van der Waals surface area contributed by atoms with Gasteiger partial charge in [0.05, 0.1) is 0 Å². The fraction of sp³-hybridized carbons (Fsp3) is 0.0667. The minimum Gasteiger partial charge on any atom is -0.318 e. The standard InChI is InChI=1S/C15H12INO2/c1-17(10-18)14-7-5-11(6-8-14)15(19)12-3-2-4-13(16)9-12/h2-10H,1H3. The molecule has 2 aromatic rings. The molecule has 1 amide bonds. The van der Waals surface area contributed by atoms with E-state index in [2.05, 4.69) is 22.6 Å². The molecule has 0 saturated carbocycles. The molecule has 0 aliphatic carbocycles. The number of hydrogen-bond acceptors (Lipinski definition) is 2. The van der Waals surface area contributed by atoms with Crippen LogP contribution in [-0.2, 0) is 4.79 Å². The van der Waals surface area contributed by atoms with Gasteiger partial charge in [0.25, 0.3) is 0 Å². The van der Waals surface area contributed by atoms with Gasteiger partial charge in [-0.25, -0.2) is 0 Å². The maximum Gasteiger partial charge on any atom is 0.213 e. The van der Waals surface area contributed by atoms with Crippen molar-refractivity contribution < 1.29 is 9.59 Å². The zero-order chi connectivity index (χ0) is 13.8. The second kappa shape index (κ2) is 5.97. The van der Waals surface area contributed by atoms with Crippen LogP contribution in [0.3, 0.4) is 0 Å². The molecule has 2 rings (SSSR count). The molecule has 0 bridgehead atoms. The Morgan fingerprint density at radius 1 is 1.11 bits per heavy atom. The van der Waals surface area contributed by atoms with E-state index in [1.54, 1.807) is 37.4 Å². The molecule has 2 aromatic carbocycles. The second-order valence-electron chi connectivity index (χ2n) is 4.10. The first kappa shape index (κ1) is 13.7. The molecule has 0 spiro atoms. The van der Waals surface area contributed by atoms with Gasteiger partial charge in [-0.2, -0.15) is 0 Å². The Balaban J connectivity index is 2.27. The van der Waals surface area contributed by atoms with E-state index in [1.807, 2.05) is 18.2 Å². The molecule has 0 saturated heterocycles. The third-order valence-electron chi connectivity index (χ3n) is 2.78. The molecular weight excluding hydrogens is 353 g/mol. The van der Waals surface area contributed by atoms with Gasteiger partial charge in [-0.3, -0.25) is 9.59 Å². The van der Waals surface area contributed by atoms with Crippen LogP contribution in [-0.4, -0.2) is 19.2 Å². The number of nitrogens with zero attached hydrogens (tertiary/aromatic N) is 1. The summed E-state index contributed by atoms with van der Waals surface area (Å²) in [5.41, 5.74) is 2.04. The Morgan fingerprint density at radius 3 is 2.37 bits per heavy atom. The Bertz CT molecular complexity index is 608. The van der Waals surface area contributed by atoms with Crippen molar-refractivity contribution in [1.29, 1.82) is 0 Å². The third-order valence-corrected chi connectivity index (χ3v) is 3.45. The van der Waals surface area contributed by atoms with Gasteiger partial charge >= 0.3 is 0 Å². The molecule has 0 atom stereocenters. The van der Waals surface area contributed by atoms with E-state index in [0.29, 0.717) is 11.1 Å². The molecule has 0 unspecified atom stereocenters. The van der Waals surface area contributed by atoms with Crippen LogP contribution in [0.1, 0.15) is 15.9 Å². The molecule has 0 aliphatic rings. The summed E-state index contributed by atoms with van der Waals surface area (Å²) in [6.45, 7) is 0. The van der Waals surface area contributed by atoms with Crippen molar-refractivity contribution in [3.8, 4) is 0 Å². The Labute approximate surface area is 125 Å². The number of benzene rings is 2. The van der Waals surface area contributed by atoms with Crippen LogP contribution in [0, 0.1) is 3.57 Å². The largest absolute Gasteiger partial charge is 0.318 e. The average Bonchev–Trinajstić information content (AvgIpc) is 2.46. The molecule has 0 aliphatic heterocycles. The minimum absolute atomic E-state index is 0.0150. The molecule has 0 heterocycles. The molecule has 0 N–H and O–H groups in total. The summed E-state index contributed by atoms with van der Waals surface area (Å²) < 4.78 is 1.03. The van der Waals surface area contributed by atoms with E-state index in [-0.39, 0.29) is 5.78 Å². The molecule has 0 fully saturated rings. The fourth-order valence-corrected chi connectivity index (χ4v) is 2.25. The second-order valence-corrected chi connectivity index (χ2v) is 5.35. The average molecular weight is 365 g/mol. The normalized spacial score (nSPS) is 10.0. The molecule has 4 heteroatoms. The first-order valence-corrected chi connectivity index (χ1v) is 6.78. The van der Waals surface area contributed by atoms with Crippen molar-refractivity contribution in [2.45, 2.75) is 0 Å². The predicted molar refractivity (Wildman–Crippen MR) is 83.5 cm³/mol. The SMILES string of the molecule is CN(C=O)c1ccc(C(=O)c2cccc(I)c2)cc1. The number of hydrogen-bond donors (Lipinski definition) is 0. The lowest BCUT2D eigenvalue weighted by Crippen LogP contribution is -2.13. The quantitative estimate of drug-likeness (QED) is 0.474. The van der Waals surface area contributed by atoms with E-state index >= 15 is 0 Å². The molecule has 3 nitrogen and oxygen atoms in total. The molecule has 96 valence electrons. The van der Waals surface area contributed by atoms with E-state index in [1.165, 1.54) is 4.90 Å². The lowest BCUT2D eigenvalue weighted by Gasteiger charge is -2.10. The molecule has 19 heavy (non-hydrogen) atoms. The first-order valence-electron chi connectivity index (χ1n) is 5.70. The van der Waals surface area contributed by atoms with E-state index in [9.17, 15) is 9.59 Å².